The molecule has 0 heterocycles. The molecule has 480 valence electrons. The fourth-order valence-corrected chi connectivity index (χ4v) is 9.53. The van der Waals surface area contributed by atoms with Crippen LogP contribution in [0.15, 0.2) is 48.6 Å². The molecular formula is C71H131NO10. The number of rotatable bonds is 65. The highest BCUT2D eigenvalue weighted by Crippen LogP contribution is 2.16. The van der Waals surface area contributed by atoms with Gasteiger partial charge < -0.3 is 38.1 Å². The Morgan fingerprint density at radius 1 is 0.341 bits per heavy atom. The van der Waals surface area contributed by atoms with E-state index in [-0.39, 0.29) is 69.2 Å². The molecule has 0 aromatic carbocycles. The zero-order chi connectivity index (χ0) is 59.7. The van der Waals surface area contributed by atoms with Crippen LogP contribution < -0.4 is 0 Å². The van der Waals surface area contributed by atoms with Crippen LogP contribution in [0.4, 0.5) is 0 Å². The SMILES string of the molecule is CCCCC/C=C\C/C=C\CCCCCCCC(=O)OCC(COCCCN(CC)CC)COCC(COC(=O)CCCCCCC/C=C\C/C=C\CCCCC)COC(=O)CCC(OCCCCCCCC)OCCCCCCCC. The first-order valence-electron chi connectivity index (χ1n) is 34.5. The van der Waals surface area contributed by atoms with Crippen molar-refractivity contribution >= 4 is 17.9 Å². The number of hydrogen-bond acceptors (Lipinski definition) is 11. The second kappa shape index (κ2) is 65.7. The lowest BCUT2D eigenvalue weighted by molar-refractivity contribution is -0.161. The van der Waals surface area contributed by atoms with Gasteiger partial charge in [-0.1, -0.05) is 219 Å². The quantitative estimate of drug-likeness (QED) is 0.0190. The van der Waals surface area contributed by atoms with Crippen molar-refractivity contribution < 1.29 is 47.5 Å². The summed E-state index contributed by atoms with van der Waals surface area (Å²) in [7, 11) is 0. The molecule has 0 aromatic heterocycles. The van der Waals surface area contributed by atoms with Crippen molar-refractivity contribution in [3.8, 4) is 0 Å². The molecule has 0 bridgehead atoms. The molecule has 11 nitrogen and oxygen atoms in total. The molecule has 0 aliphatic carbocycles. The molecule has 0 aliphatic rings. The first kappa shape index (κ1) is 79.2. The molecule has 0 radical (unpaired) electrons. The Hall–Kier alpha value is -2.83. The highest BCUT2D eigenvalue weighted by molar-refractivity contribution is 5.70. The third-order valence-electron chi connectivity index (χ3n) is 15.0. The van der Waals surface area contributed by atoms with Crippen LogP contribution in [-0.2, 0) is 47.5 Å². The Kier molecular flexibility index (Phi) is 63.4. The van der Waals surface area contributed by atoms with Crippen LogP contribution in [0.1, 0.15) is 292 Å². The van der Waals surface area contributed by atoms with Gasteiger partial charge in [-0.05, 0) is 109 Å². The van der Waals surface area contributed by atoms with Crippen molar-refractivity contribution in [2.45, 2.75) is 298 Å². The fourth-order valence-electron chi connectivity index (χ4n) is 9.53. The van der Waals surface area contributed by atoms with Crippen molar-refractivity contribution in [3.63, 3.8) is 0 Å². The standard InChI is InChI=1S/C71H131NO10/c1-7-13-17-21-25-27-29-31-33-35-37-39-41-43-47-52-68(73)80-63-66(60-76-57-51-56-72(11-5)12-6)61-77-62-67(64-81-69(74)53-48-44-42-40-38-36-34-32-30-28-26-22-18-14-8-2)65-82-70(75)54-55-71(78-58-49-45-23-19-15-9-3)79-59-50-46-24-20-16-10-4/h25-28,31-34,66-67,71H,7-24,29-30,35-65H2,1-6H3/b27-25-,28-26-,33-31-,34-32-. The first-order valence-corrected chi connectivity index (χ1v) is 34.5. The van der Waals surface area contributed by atoms with Crippen LogP contribution in [-0.4, -0.2) is 108 Å². The number of carbonyl (C=O) groups is 3. The van der Waals surface area contributed by atoms with E-state index in [1.165, 1.54) is 109 Å². The summed E-state index contributed by atoms with van der Waals surface area (Å²) >= 11 is 0. The van der Waals surface area contributed by atoms with Gasteiger partial charge in [0.15, 0.2) is 6.29 Å². The summed E-state index contributed by atoms with van der Waals surface area (Å²) < 4.78 is 42.4. The first-order chi connectivity index (χ1) is 40.3. The van der Waals surface area contributed by atoms with Crippen LogP contribution in [0.3, 0.4) is 0 Å². The van der Waals surface area contributed by atoms with Crippen molar-refractivity contribution in [1.29, 1.82) is 0 Å². The van der Waals surface area contributed by atoms with Crippen molar-refractivity contribution in [2.75, 3.05) is 79.1 Å². The molecule has 0 N–H and O–H groups in total. The van der Waals surface area contributed by atoms with E-state index in [9.17, 15) is 14.4 Å². The molecule has 0 amide bonds. The summed E-state index contributed by atoms with van der Waals surface area (Å²) in [5, 5.41) is 0. The Balaban J connectivity index is 5.47. The molecule has 0 saturated carbocycles. The Bertz CT molecular complexity index is 1460. The predicted molar refractivity (Wildman–Crippen MR) is 344 cm³/mol. The highest BCUT2D eigenvalue weighted by atomic mass is 16.7. The van der Waals surface area contributed by atoms with E-state index in [0.29, 0.717) is 45.7 Å². The number of nitrogens with zero attached hydrogens (tertiary/aromatic N) is 1. The second-order valence-electron chi connectivity index (χ2n) is 23.0. The predicted octanol–water partition coefficient (Wildman–Crippen LogP) is 19.1. The minimum Gasteiger partial charge on any atom is -0.465 e. The van der Waals surface area contributed by atoms with E-state index >= 15 is 0 Å². The smallest absolute Gasteiger partial charge is 0.305 e. The molecule has 0 rings (SSSR count). The van der Waals surface area contributed by atoms with Gasteiger partial charge in [0, 0.05) is 51.5 Å². The van der Waals surface area contributed by atoms with Gasteiger partial charge in [0.05, 0.1) is 52.0 Å². The molecule has 0 aromatic rings. The van der Waals surface area contributed by atoms with E-state index in [1.807, 2.05) is 0 Å². The number of hydrogen-bond donors (Lipinski definition) is 0. The molecule has 2 unspecified atom stereocenters. The average Bonchev–Trinajstić information content (AvgIpc) is 3.49. The van der Waals surface area contributed by atoms with E-state index in [1.54, 1.807) is 0 Å². The minimum atomic E-state index is -0.459. The van der Waals surface area contributed by atoms with E-state index in [4.69, 9.17) is 33.2 Å². The van der Waals surface area contributed by atoms with Gasteiger partial charge in [0.25, 0.3) is 0 Å². The van der Waals surface area contributed by atoms with Gasteiger partial charge in [0.2, 0.25) is 0 Å². The summed E-state index contributed by atoms with van der Waals surface area (Å²) in [6.45, 7) is 19.3. The zero-order valence-electron chi connectivity index (χ0n) is 54.4. The minimum absolute atomic E-state index is 0.0484. The molecule has 2 atom stereocenters. The van der Waals surface area contributed by atoms with E-state index < -0.39 is 6.29 Å². The maximum atomic E-state index is 13.4. The van der Waals surface area contributed by atoms with Gasteiger partial charge in [-0.3, -0.25) is 14.4 Å². The summed E-state index contributed by atoms with van der Waals surface area (Å²) in [6.07, 6.45) is 58.9. The molecule has 0 saturated heterocycles. The van der Waals surface area contributed by atoms with Crippen molar-refractivity contribution in [3.05, 3.63) is 48.6 Å². The van der Waals surface area contributed by atoms with Gasteiger partial charge in [-0.25, -0.2) is 0 Å². The molecule has 0 aliphatic heterocycles. The molecule has 11 heteroatoms. The molecular weight excluding hydrogens is 1030 g/mol. The van der Waals surface area contributed by atoms with Gasteiger partial charge >= 0.3 is 17.9 Å². The number of esters is 3. The molecule has 0 spiro atoms. The normalized spacial score (nSPS) is 12.8. The number of ether oxygens (including phenoxy) is 7. The summed E-state index contributed by atoms with van der Waals surface area (Å²) in [4.78, 5) is 41.8. The summed E-state index contributed by atoms with van der Waals surface area (Å²) in [5.41, 5.74) is 0. The number of allylic oxidation sites excluding steroid dienone is 8. The molecule has 0 fully saturated rings. The number of unbranched alkanes of at least 4 members (excludes halogenated alkanes) is 26. The lowest BCUT2D eigenvalue weighted by Gasteiger charge is -2.22. The van der Waals surface area contributed by atoms with Crippen LogP contribution in [0.5, 0.6) is 0 Å². The largest absolute Gasteiger partial charge is 0.465 e. The second-order valence-corrected chi connectivity index (χ2v) is 23.0. The Morgan fingerprint density at radius 2 is 0.683 bits per heavy atom. The van der Waals surface area contributed by atoms with Crippen LogP contribution in [0.25, 0.3) is 0 Å². The maximum Gasteiger partial charge on any atom is 0.305 e. The van der Waals surface area contributed by atoms with Crippen LogP contribution in [0.2, 0.25) is 0 Å². The third-order valence-corrected chi connectivity index (χ3v) is 15.0. The lowest BCUT2D eigenvalue weighted by atomic mass is 10.1. The summed E-state index contributed by atoms with van der Waals surface area (Å²) in [6, 6.07) is 0. The molecule has 82 heavy (non-hydrogen) atoms. The van der Waals surface area contributed by atoms with Crippen molar-refractivity contribution in [2.24, 2.45) is 11.8 Å². The fraction of sp³-hybridized carbons (Fsp3) is 0.845. The maximum absolute atomic E-state index is 13.4. The Morgan fingerprint density at radius 3 is 1.11 bits per heavy atom. The van der Waals surface area contributed by atoms with Crippen LogP contribution >= 0.6 is 0 Å². The Labute approximate surface area is 506 Å². The topological polar surface area (TPSA) is 119 Å². The third kappa shape index (κ3) is 58.9. The monoisotopic (exact) mass is 1160 g/mol. The van der Waals surface area contributed by atoms with E-state index in [0.717, 1.165) is 135 Å². The van der Waals surface area contributed by atoms with Gasteiger partial charge in [-0.2, -0.15) is 0 Å². The highest BCUT2D eigenvalue weighted by Gasteiger charge is 2.20. The zero-order valence-corrected chi connectivity index (χ0v) is 54.4. The lowest BCUT2D eigenvalue weighted by Crippen LogP contribution is -2.29. The van der Waals surface area contributed by atoms with Crippen molar-refractivity contribution in [1.82, 2.24) is 4.90 Å². The summed E-state index contributed by atoms with van der Waals surface area (Å²) in [5.74, 6) is -1.35. The van der Waals surface area contributed by atoms with Gasteiger partial charge in [-0.15, -0.1) is 0 Å². The van der Waals surface area contributed by atoms with E-state index in [2.05, 4.69) is 95.1 Å². The van der Waals surface area contributed by atoms with Crippen LogP contribution in [0, 0.1) is 11.8 Å². The van der Waals surface area contributed by atoms with Gasteiger partial charge in [0.1, 0.15) is 0 Å². The average molecular weight is 1160 g/mol. The number of carbonyl (C=O) groups excluding carboxylic acids is 3.